The second kappa shape index (κ2) is 1.93. The molecule has 48 valence electrons. The fourth-order valence-corrected chi connectivity index (χ4v) is 0.497. The van der Waals surface area contributed by atoms with Crippen molar-refractivity contribution in [1.29, 1.82) is 0 Å². The second-order valence-corrected chi connectivity index (χ2v) is 1.72. The summed E-state index contributed by atoms with van der Waals surface area (Å²) in [6.45, 7) is 1.64. The third-order valence-electron chi connectivity index (χ3n) is 0.939. The molecular weight excluding hydrogens is 120 g/mol. The van der Waals surface area contributed by atoms with Gasteiger partial charge in [-0.3, -0.25) is 0 Å². The molecule has 0 amide bonds. The molecule has 0 saturated carbocycles. The van der Waals surface area contributed by atoms with E-state index >= 15 is 0 Å². The standard InChI is InChI=1S/C6H6O3/c1-4-2-3-5(7)6(8)9-4/h2-3,7H,1H3. The maximum atomic E-state index is 10.4. The smallest absolute Gasteiger partial charge is 0.378 e. The van der Waals surface area contributed by atoms with E-state index in [2.05, 4.69) is 4.42 Å². The lowest BCUT2D eigenvalue weighted by Crippen LogP contribution is -1.96. The van der Waals surface area contributed by atoms with Crippen LogP contribution in [0, 0.1) is 6.92 Å². The molecule has 3 nitrogen and oxygen atoms in total. The zero-order valence-electron chi connectivity index (χ0n) is 4.92. The molecule has 1 aromatic rings. The van der Waals surface area contributed by atoms with Crippen molar-refractivity contribution in [1.82, 2.24) is 0 Å². The molecule has 0 aliphatic rings. The molecule has 0 bridgehead atoms. The maximum Gasteiger partial charge on any atom is 0.378 e. The molecule has 0 aliphatic heterocycles. The summed E-state index contributed by atoms with van der Waals surface area (Å²) in [6, 6.07) is 2.83. The number of hydrogen-bond acceptors (Lipinski definition) is 3. The topological polar surface area (TPSA) is 50.4 Å². The Morgan fingerprint density at radius 2 is 2.22 bits per heavy atom. The van der Waals surface area contributed by atoms with Gasteiger partial charge in [-0.2, -0.15) is 0 Å². The molecule has 0 radical (unpaired) electrons. The molecule has 3 heteroatoms. The fraction of sp³-hybridized carbons (Fsp3) is 0.167. The molecule has 0 aromatic carbocycles. The maximum absolute atomic E-state index is 10.4. The molecule has 0 fully saturated rings. The average Bonchev–Trinajstić information content (AvgIpc) is 1.80. The van der Waals surface area contributed by atoms with Crippen molar-refractivity contribution in [2.75, 3.05) is 0 Å². The monoisotopic (exact) mass is 126 g/mol. The van der Waals surface area contributed by atoms with Crippen molar-refractivity contribution in [3.05, 3.63) is 28.3 Å². The summed E-state index contributed by atoms with van der Waals surface area (Å²) in [5, 5.41) is 8.64. The van der Waals surface area contributed by atoms with E-state index in [1.54, 1.807) is 6.92 Å². The van der Waals surface area contributed by atoms with Gasteiger partial charge in [-0.05, 0) is 19.1 Å². The van der Waals surface area contributed by atoms with Crippen molar-refractivity contribution < 1.29 is 9.52 Å². The largest absolute Gasteiger partial charge is 0.502 e. The van der Waals surface area contributed by atoms with Gasteiger partial charge in [0.2, 0.25) is 5.75 Å². The fourth-order valence-electron chi connectivity index (χ4n) is 0.497. The predicted octanol–water partition coefficient (Wildman–Crippen LogP) is 0.654. The van der Waals surface area contributed by atoms with Crippen molar-refractivity contribution in [2.24, 2.45) is 0 Å². The van der Waals surface area contributed by atoms with Crippen LogP contribution < -0.4 is 5.63 Å². The van der Waals surface area contributed by atoms with E-state index in [4.69, 9.17) is 5.11 Å². The first-order valence-corrected chi connectivity index (χ1v) is 2.50. The van der Waals surface area contributed by atoms with Gasteiger partial charge >= 0.3 is 5.63 Å². The Kier molecular flexibility index (Phi) is 1.26. The van der Waals surface area contributed by atoms with Crippen molar-refractivity contribution in [2.45, 2.75) is 6.92 Å². The lowest BCUT2D eigenvalue weighted by atomic mass is 10.4. The molecule has 1 aromatic heterocycles. The van der Waals surface area contributed by atoms with E-state index in [1.165, 1.54) is 12.1 Å². The molecule has 0 atom stereocenters. The highest BCUT2D eigenvalue weighted by molar-refractivity contribution is 5.14. The summed E-state index contributed by atoms with van der Waals surface area (Å²) in [4.78, 5) is 10.4. The number of aryl methyl sites for hydroxylation is 1. The van der Waals surface area contributed by atoms with Gasteiger partial charge in [-0.15, -0.1) is 0 Å². The number of rotatable bonds is 0. The summed E-state index contributed by atoms with van der Waals surface area (Å²) in [7, 11) is 0. The first-order valence-electron chi connectivity index (χ1n) is 2.50. The second-order valence-electron chi connectivity index (χ2n) is 1.72. The van der Waals surface area contributed by atoms with Gasteiger partial charge in [0.25, 0.3) is 0 Å². The van der Waals surface area contributed by atoms with Gasteiger partial charge in [-0.25, -0.2) is 4.79 Å². The van der Waals surface area contributed by atoms with Crippen molar-refractivity contribution in [3.63, 3.8) is 0 Å². The third-order valence-corrected chi connectivity index (χ3v) is 0.939. The SMILES string of the molecule is Cc1ccc(O)c(=O)o1. The van der Waals surface area contributed by atoms with Crippen molar-refractivity contribution in [3.8, 4) is 5.75 Å². The average molecular weight is 126 g/mol. The third kappa shape index (κ3) is 1.10. The minimum atomic E-state index is -0.685. The normalized spacial score (nSPS) is 9.44. The summed E-state index contributed by atoms with van der Waals surface area (Å²) < 4.78 is 4.50. The zero-order chi connectivity index (χ0) is 6.85. The Morgan fingerprint density at radius 3 is 2.67 bits per heavy atom. The van der Waals surface area contributed by atoms with Crippen LogP contribution >= 0.6 is 0 Å². The minimum Gasteiger partial charge on any atom is -0.502 e. The van der Waals surface area contributed by atoms with E-state index in [-0.39, 0.29) is 5.75 Å². The molecule has 0 aliphatic carbocycles. The van der Waals surface area contributed by atoms with E-state index < -0.39 is 5.63 Å². The van der Waals surface area contributed by atoms with Gasteiger partial charge in [0, 0.05) is 0 Å². The quantitative estimate of drug-likeness (QED) is 0.555. The first kappa shape index (κ1) is 5.88. The van der Waals surface area contributed by atoms with Crippen LogP contribution in [0.5, 0.6) is 5.75 Å². The summed E-state index contributed by atoms with van der Waals surface area (Å²) in [5.74, 6) is 0.151. The number of hydrogen-bond donors (Lipinski definition) is 1. The van der Waals surface area contributed by atoms with Crippen LogP contribution in [0.4, 0.5) is 0 Å². The molecule has 0 spiro atoms. The van der Waals surface area contributed by atoms with E-state index in [0.29, 0.717) is 5.76 Å². The van der Waals surface area contributed by atoms with Gasteiger partial charge in [0.15, 0.2) is 0 Å². The molecule has 0 unspecified atom stereocenters. The van der Waals surface area contributed by atoms with Crippen LogP contribution in [0.3, 0.4) is 0 Å². The molecule has 1 rings (SSSR count). The Balaban J connectivity index is 3.34. The van der Waals surface area contributed by atoms with E-state index in [9.17, 15) is 4.79 Å². The van der Waals surface area contributed by atoms with Crippen LogP contribution in [0.25, 0.3) is 0 Å². The van der Waals surface area contributed by atoms with Crippen LogP contribution in [0.2, 0.25) is 0 Å². The summed E-state index contributed by atoms with van der Waals surface area (Å²) >= 11 is 0. The Hall–Kier alpha value is -1.25. The molecule has 1 heterocycles. The lowest BCUT2D eigenvalue weighted by Gasteiger charge is -1.88. The Bertz CT molecular complexity index is 261. The highest BCUT2D eigenvalue weighted by Crippen LogP contribution is 2.00. The first-order chi connectivity index (χ1) is 4.20. The van der Waals surface area contributed by atoms with Crippen molar-refractivity contribution >= 4 is 0 Å². The Morgan fingerprint density at radius 1 is 1.56 bits per heavy atom. The van der Waals surface area contributed by atoms with E-state index in [1.807, 2.05) is 0 Å². The zero-order valence-corrected chi connectivity index (χ0v) is 4.92. The Labute approximate surface area is 51.6 Å². The molecule has 9 heavy (non-hydrogen) atoms. The molecule has 1 N–H and O–H groups in total. The lowest BCUT2D eigenvalue weighted by molar-refractivity contribution is 0.400. The summed E-state index contributed by atoms with van der Waals surface area (Å²) in [5.41, 5.74) is -0.685. The molecular formula is C6H6O3. The van der Waals surface area contributed by atoms with Gasteiger partial charge in [-0.1, -0.05) is 0 Å². The van der Waals surface area contributed by atoms with Gasteiger partial charge in [0.05, 0.1) is 0 Å². The van der Waals surface area contributed by atoms with Crippen LogP contribution in [0.15, 0.2) is 21.3 Å². The highest BCUT2D eigenvalue weighted by atomic mass is 16.4. The summed E-state index contributed by atoms with van der Waals surface area (Å²) in [6.07, 6.45) is 0. The van der Waals surface area contributed by atoms with Crippen LogP contribution in [-0.2, 0) is 0 Å². The minimum absolute atomic E-state index is 0.347. The highest BCUT2D eigenvalue weighted by Gasteiger charge is 1.94. The van der Waals surface area contributed by atoms with Gasteiger partial charge in [0.1, 0.15) is 5.76 Å². The molecule has 0 saturated heterocycles. The van der Waals surface area contributed by atoms with Gasteiger partial charge < -0.3 is 9.52 Å². The predicted molar refractivity (Wildman–Crippen MR) is 31.4 cm³/mol. The van der Waals surface area contributed by atoms with Crippen LogP contribution in [-0.4, -0.2) is 5.11 Å². The van der Waals surface area contributed by atoms with Crippen LogP contribution in [0.1, 0.15) is 5.76 Å². The number of aromatic hydroxyl groups is 1. The van der Waals surface area contributed by atoms with E-state index in [0.717, 1.165) is 0 Å².